The Balaban J connectivity index is 1.77. The second-order valence-electron chi connectivity index (χ2n) is 7.63. The second kappa shape index (κ2) is 11.3. The van der Waals surface area contributed by atoms with Crippen molar-refractivity contribution in [1.82, 2.24) is 9.97 Å². The van der Waals surface area contributed by atoms with E-state index >= 15 is 0 Å². The molecule has 0 amide bonds. The molecule has 2 heterocycles. The van der Waals surface area contributed by atoms with Crippen molar-refractivity contribution in [1.29, 1.82) is 0 Å². The van der Waals surface area contributed by atoms with E-state index in [1.54, 1.807) is 32.4 Å². The first kappa shape index (κ1) is 24.6. The summed E-state index contributed by atoms with van der Waals surface area (Å²) in [5.41, 5.74) is 7.76. The summed E-state index contributed by atoms with van der Waals surface area (Å²) in [6, 6.07) is 13.1. The summed E-state index contributed by atoms with van der Waals surface area (Å²) in [7, 11) is 3.17. The van der Waals surface area contributed by atoms with Crippen molar-refractivity contribution in [2.45, 2.75) is 25.9 Å². The fraction of sp³-hybridized carbons (Fsp3) is 0.333. The zero-order valence-electron chi connectivity index (χ0n) is 18.9. The molecule has 180 valence electrons. The van der Waals surface area contributed by atoms with Crippen molar-refractivity contribution in [2.75, 3.05) is 37.9 Å². The molecule has 1 aliphatic heterocycles. The Morgan fingerprint density at radius 3 is 2.56 bits per heavy atom. The van der Waals surface area contributed by atoms with Crippen LogP contribution in [0.4, 0.5) is 15.9 Å². The Morgan fingerprint density at radius 1 is 1.06 bits per heavy atom. The number of anilines is 2. The van der Waals surface area contributed by atoms with E-state index in [1.165, 1.54) is 0 Å². The number of halogens is 3. The average Bonchev–Trinajstić information content (AvgIpc) is 3.17. The average molecular weight is 507 g/mol. The summed E-state index contributed by atoms with van der Waals surface area (Å²) in [6.45, 7) is -0.159. The van der Waals surface area contributed by atoms with Crippen LogP contribution in [0.15, 0.2) is 42.5 Å². The molecule has 0 spiro atoms. The van der Waals surface area contributed by atoms with Gasteiger partial charge in [0.15, 0.2) is 12.0 Å². The smallest absolute Gasteiger partial charge is 0.169 e. The third-order valence-electron chi connectivity index (χ3n) is 5.34. The molecular formula is C24H25Cl2FN4O3. The van der Waals surface area contributed by atoms with Crippen molar-refractivity contribution in [3.05, 3.63) is 69.5 Å². The van der Waals surface area contributed by atoms with Crippen molar-refractivity contribution in [3.63, 3.8) is 0 Å². The zero-order chi connectivity index (χ0) is 24.1. The molecule has 0 aliphatic carbocycles. The fourth-order valence-electron chi connectivity index (χ4n) is 3.88. The van der Waals surface area contributed by atoms with Gasteiger partial charge in [0.1, 0.15) is 12.4 Å². The van der Waals surface area contributed by atoms with Gasteiger partial charge in [-0.2, -0.15) is 0 Å². The van der Waals surface area contributed by atoms with E-state index in [1.807, 2.05) is 29.3 Å². The minimum absolute atomic E-state index is 0.00360. The van der Waals surface area contributed by atoms with E-state index in [0.29, 0.717) is 44.9 Å². The molecule has 7 nitrogen and oxygen atoms in total. The van der Waals surface area contributed by atoms with Crippen LogP contribution in [0.2, 0.25) is 10.0 Å². The lowest BCUT2D eigenvalue weighted by molar-refractivity contribution is 0.0507. The number of nitrogens with zero attached hydrogens (tertiary/aromatic N) is 3. The monoisotopic (exact) mass is 506 g/mol. The number of nitrogens with one attached hydrogen (secondary N) is 1. The van der Waals surface area contributed by atoms with E-state index in [9.17, 15) is 4.39 Å². The third-order valence-corrected chi connectivity index (χ3v) is 5.88. The van der Waals surface area contributed by atoms with Crippen LogP contribution in [0.25, 0.3) is 11.3 Å². The largest absolute Gasteiger partial charge is 0.378 e. The predicted molar refractivity (Wildman–Crippen MR) is 131 cm³/mol. The number of benzene rings is 2. The molecule has 0 fully saturated rings. The van der Waals surface area contributed by atoms with Gasteiger partial charge in [-0.15, -0.1) is 0 Å². The van der Waals surface area contributed by atoms with Gasteiger partial charge in [0.05, 0.1) is 41.9 Å². The van der Waals surface area contributed by atoms with Crippen molar-refractivity contribution in [2.24, 2.45) is 0 Å². The molecule has 1 aromatic heterocycles. The van der Waals surface area contributed by atoms with Crippen LogP contribution < -0.4 is 10.4 Å². The molecule has 4 rings (SSSR count). The van der Waals surface area contributed by atoms with E-state index in [-0.39, 0.29) is 19.8 Å². The second-order valence-corrected chi connectivity index (χ2v) is 8.48. The van der Waals surface area contributed by atoms with E-state index in [0.717, 1.165) is 11.3 Å². The number of aromatic nitrogens is 2. The summed E-state index contributed by atoms with van der Waals surface area (Å²) in [4.78, 5) is 9.67. The molecular weight excluding hydrogens is 482 g/mol. The quantitative estimate of drug-likeness (QED) is 0.392. The number of hydrogen-bond acceptors (Lipinski definition) is 7. The SMILES string of the molecule is COCc1nc(-c2ccc(Cl)cc2Cl)c(COC)nc1NN1c2ccccc2C[C@@H]1OCCF. The Bertz CT molecular complexity index is 1150. The minimum atomic E-state index is -0.566. The number of hydrogen-bond donors (Lipinski definition) is 1. The number of methoxy groups -OCH3 is 2. The number of rotatable bonds is 10. The van der Waals surface area contributed by atoms with Crippen LogP contribution in [0.5, 0.6) is 0 Å². The van der Waals surface area contributed by atoms with Crippen LogP contribution in [-0.2, 0) is 33.8 Å². The maximum atomic E-state index is 12.9. The predicted octanol–water partition coefficient (Wildman–Crippen LogP) is 5.45. The zero-order valence-corrected chi connectivity index (χ0v) is 20.4. The molecule has 0 radical (unpaired) electrons. The number of fused-ring (bicyclic) bond motifs is 1. The molecule has 1 aliphatic rings. The summed E-state index contributed by atoms with van der Waals surface area (Å²) in [6.07, 6.45) is 0.209. The van der Waals surface area contributed by atoms with Gasteiger partial charge < -0.3 is 14.2 Å². The highest BCUT2D eigenvalue weighted by Gasteiger charge is 2.31. The summed E-state index contributed by atoms with van der Waals surface area (Å²) < 4.78 is 29.4. The molecule has 0 saturated heterocycles. The van der Waals surface area contributed by atoms with Crippen molar-refractivity contribution < 1.29 is 18.6 Å². The molecule has 0 bridgehead atoms. The third kappa shape index (κ3) is 5.26. The highest BCUT2D eigenvalue weighted by Crippen LogP contribution is 2.35. The summed E-state index contributed by atoms with van der Waals surface area (Å²) in [5.74, 6) is 0.480. The van der Waals surface area contributed by atoms with Crippen molar-refractivity contribution >= 4 is 34.7 Å². The number of alkyl halides is 1. The Kier molecular flexibility index (Phi) is 8.18. The van der Waals surface area contributed by atoms with E-state index in [2.05, 4.69) is 5.43 Å². The number of para-hydroxylation sites is 1. The van der Waals surface area contributed by atoms with Crippen molar-refractivity contribution in [3.8, 4) is 11.3 Å². The summed E-state index contributed by atoms with van der Waals surface area (Å²) in [5, 5.41) is 2.83. The highest BCUT2D eigenvalue weighted by molar-refractivity contribution is 6.36. The molecule has 2 aromatic carbocycles. The number of hydrazine groups is 1. The lowest BCUT2D eigenvalue weighted by Crippen LogP contribution is -2.40. The number of ether oxygens (including phenoxy) is 3. The van der Waals surface area contributed by atoms with Gasteiger partial charge in [-0.1, -0.05) is 41.4 Å². The normalized spacial score (nSPS) is 15.0. The molecule has 1 N–H and O–H groups in total. The van der Waals surface area contributed by atoms with E-state index in [4.69, 9.17) is 47.4 Å². The molecule has 34 heavy (non-hydrogen) atoms. The van der Waals surface area contributed by atoms with E-state index < -0.39 is 12.9 Å². The van der Waals surface area contributed by atoms with Gasteiger partial charge in [0.25, 0.3) is 0 Å². The van der Waals surface area contributed by atoms with Crippen LogP contribution >= 0.6 is 23.2 Å². The maximum Gasteiger partial charge on any atom is 0.169 e. The topological polar surface area (TPSA) is 68.7 Å². The molecule has 3 aromatic rings. The lowest BCUT2D eigenvalue weighted by Gasteiger charge is -2.29. The van der Waals surface area contributed by atoms with Gasteiger partial charge >= 0.3 is 0 Å². The van der Waals surface area contributed by atoms with Crippen LogP contribution in [0.1, 0.15) is 17.0 Å². The highest BCUT2D eigenvalue weighted by atomic mass is 35.5. The van der Waals surface area contributed by atoms with Crippen LogP contribution in [0, 0.1) is 0 Å². The molecule has 10 heteroatoms. The van der Waals surface area contributed by atoms with Gasteiger partial charge in [0, 0.05) is 31.2 Å². The minimum Gasteiger partial charge on any atom is -0.378 e. The molecule has 0 unspecified atom stereocenters. The van der Waals surface area contributed by atoms with Crippen LogP contribution in [-0.4, -0.2) is 43.7 Å². The Hall–Kier alpha value is -2.49. The lowest BCUT2D eigenvalue weighted by atomic mass is 10.1. The van der Waals surface area contributed by atoms with Gasteiger partial charge in [-0.05, 0) is 29.8 Å². The van der Waals surface area contributed by atoms with Gasteiger partial charge in [-0.25, -0.2) is 14.4 Å². The first-order chi connectivity index (χ1) is 16.5. The first-order valence-corrected chi connectivity index (χ1v) is 11.5. The molecule has 0 saturated carbocycles. The van der Waals surface area contributed by atoms with Crippen LogP contribution in [0.3, 0.4) is 0 Å². The molecule has 1 atom stereocenters. The fourth-order valence-corrected chi connectivity index (χ4v) is 4.38. The Morgan fingerprint density at radius 2 is 1.82 bits per heavy atom. The summed E-state index contributed by atoms with van der Waals surface area (Å²) >= 11 is 12.6. The van der Waals surface area contributed by atoms with Gasteiger partial charge in [-0.3, -0.25) is 10.4 Å². The standard InChI is InChI=1S/C24H25Cl2FN4O3/c1-32-13-19-23(17-8-7-16(25)12-18(17)26)28-20(14-33-2)24(29-19)30-31-21-6-4-3-5-15(21)11-22(31)34-10-9-27/h3-8,12,22H,9-11,13-14H2,1-2H3,(H,29,30)/t22-/m0/s1. The Labute approximate surface area is 207 Å². The first-order valence-electron chi connectivity index (χ1n) is 10.7. The van der Waals surface area contributed by atoms with Gasteiger partial charge in [0.2, 0.25) is 0 Å². The maximum absolute atomic E-state index is 12.9.